The van der Waals surface area contributed by atoms with Gasteiger partial charge >= 0.3 is 0 Å². The van der Waals surface area contributed by atoms with Crippen molar-refractivity contribution in [2.75, 3.05) is 25.6 Å². The monoisotopic (exact) mass is 343 g/mol. The predicted molar refractivity (Wildman–Crippen MR) is 98.6 cm³/mol. The van der Waals surface area contributed by atoms with Crippen molar-refractivity contribution in [1.82, 2.24) is 10.3 Å². The number of ether oxygens (including phenoxy) is 2. The fraction of sp³-hybridized carbons (Fsp3) is 0.368. The van der Waals surface area contributed by atoms with E-state index >= 15 is 0 Å². The van der Waals surface area contributed by atoms with Crippen LogP contribution in [-0.2, 0) is 4.74 Å². The summed E-state index contributed by atoms with van der Waals surface area (Å²) in [5.41, 5.74) is 1.34. The maximum absolute atomic E-state index is 12.4. The molecule has 2 N–H and O–H groups in total. The molecule has 0 saturated carbocycles. The van der Waals surface area contributed by atoms with Gasteiger partial charge in [-0.05, 0) is 56.7 Å². The van der Waals surface area contributed by atoms with Crippen molar-refractivity contribution in [3.63, 3.8) is 0 Å². The van der Waals surface area contributed by atoms with Gasteiger partial charge in [0.2, 0.25) is 0 Å². The molecule has 0 atom stereocenters. The summed E-state index contributed by atoms with van der Waals surface area (Å²) in [5, 5.41) is 6.07. The molecule has 0 unspecified atom stereocenters. The molecule has 2 aromatic rings. The Morgan fingerprint density at radius 1 is 1.20 bits per heavy atom. The zero-order valence-electron chi connectivity index (χ0n) is 14.9. The van der Waals surface area contributed by atoms with Crippen molar-refractivity contribution in [2.45, 2.75) is 26.4 Å². The predicted octanol–water partition coefficient (Wildman–Crippen LogP) is 3.38. The summed E-state index contributed by atoms with van der Waals surface area (Å²) < 4.78 is 10.6. The van der Waals surface area contributed by atoms with Crippen LogP contribution in [0.3, 0.4) is 0 Å². The molecule has 1 aromatic carbocycles. The molecule has 1 amide bonds. The van der Waals surface area contributed by atoms with E-state index in [1.807, 2.05) is 38.1 Å². The van der Waals surface area contributed by atoms with Crippen LogP contribution in [0.4, 0.5) is 11.5 Å². The number of rotatable bonds is 9. The van der Waals surface area contributed by atoms with E-state index < -0.39 is 0 Å². The number of hydrogen-bond donors (Lipinski definition) is 2. The van der Waals surface area contributed by atoms with Gasteiger partial charge in [0.1, 0.15) is 11.6 Å². The van der Waals surface area contributed by atoms with E-state index in [1.54, 1.807) is 25.4 Å². The zero-order chi connectivity index (χ0) is 18.1. The number of benzene rings is 1. The van der Waals surface area contributed by atoms with Crippen LogP contribution in [0, 0.1) is 0 Å². The lowest BCUT2D eigenvalue weighted by molar-refractivity contribution is 0.0757. The number of nitrogens with one attached hydrogen (secondary N) is 2. The normalized spacial score (nSPS) is 10.6. The summed E-state index contributed by atoms with van der Waals surface area (Å²) in [6, 6.07) is 10.9. The number of pyridine rings is 1. The highest BCUT2D eigenvalue weighted by molar-refractivity contribution is 5.99. The molecule has 2 rings (SSSR count). The highest BCUT2D eigenvalue weighted by Crippen LogP contribution is 2.21. The molecule has 1 aromatic heterocycles. The quantitative estimate of drug-likeness (QED) is 0.683. The Morgan fingerprint density at radius 3 is 2.64 bits per heavy atom. The first-order valence-corrected chi connectivity index (χ1v) is 8.36. The summed E-state index contributed by atoms with van der Waals surface area (Å²) in [6.07, 6.45) is 2.62. The molecule has 0 radical (unpaired) electrons. The Hall–Kier alpha value is -2.60. The minimum Gasteiger partial charge on any atom is -0.497 e. The summed E-state index contributed by atoms with van der Waals surface area (Å²) in [6.45, 7) is 5.17. The van der Waals surface area contributed by atoms with Gasteiger partial charge in [0.15, 0.2) is 0 Å². The van der Waals surface area contributed by atoms with Gasteiger partial charge < -0.3 is 20.1 Å². The topological polar surface area (TPSA) is 72.5 Å². The van der Waals surface area contributed by atoms with Crippen LogP contribution in [-0.4, -0.2) is 37.3 Å². The molecular weight excluding hydrogens is 318 g/mol. The summed E-state index contributed by atoms with van der Waals surface area (Å²) in [4.78, 5) is 16.7. The first-order valence-electron chi connectivity index (χ1n) is 8.36. The van der Waals surface area contributed by atoms with Crippen LogP contribution >= 0.6 is 0 Å². The van der Waals surface area contributed by atoms with Gasteiger partial charge in [0, 0.05) is 25.0 Å². The van der Waals surface area contributed by atoms with Crippen molar-refractivity contribution in [2.24, 2.45) is 0 Å². The molecule has 0 aliphatic carbocycles. The molecule has 6 nitrogen and oxygen atoms in total. The number of aromatic nitrogens is 1. The highest BCUT2D eigenvalue weighted by Gasteiger charge is 2.12. The lowest BCUT2D eigenvalue weighted by atomic mass is 10.2. The van der Waals surface area contributed by atoms with E-state index in [-0.39, 0.29) is 12.0 Å². The fourth-order valence-corrected chi connectivity index (χ4v) is 2.19. The average molecular weight is 343 g/mol. The molecule has 134 valence electrons. The maximum Gasteiger partial charge on any atom is 0.255 e. The summed E-state index contributed by atoms with van der Waals surface area (Å²) in [5.74, 6) is 1.13. The van der Waals surface area contributed by atoms with Crippen LogP contribution in [0.25, 0.3) is 0 Å². The van der Waals surface area contributed by atoms with E-state index in [4.69, 9.17) is 9.47 Å². The second kappa shape index (κ2) is 9.64. The number of anilines is 2. The summed E-state index contributed by atoms with van der Waals surface area (Å²) in [7, 11) is 1.62. The van der Waals surface area contributed by atoms with E-state index in [2.05, 4.69) is 15.6 Å². The van der Waals surface area contributed by atoms with E-state index in [0.29, 0.717) is 24.5 Å². The standard InChI is InChI=1S/C19H25N3O3/c1-14(2)25-13-5-12-21-19(23)17-6-4-11-20-18(17)22-15-7-9-16(24-3)10-8-15/h4,6-11,14H,5,12-13H2,1-3H3,(H,20,22)(H,21,23). The third-order valence-corrected chi connectivity index (χ3v) is 3.46. The second-order valence-electron chi connectivity index (χ2n) is 5.78. The Bertz CT molecular complexity index is 672. The Balaban J connectivity index is 1.95. The minimum atomic E-state index is -0.159. The highest BCUT2D eigenvalue weighted by atomic mass is 16.5. The number of hydrogen-bond acceptors (Lipinski definition) is 5. The maximum atomic E-state index is 12.4. The number of amides is 1. The molecule has 0 aliphatic rings. The Kier molecular flexibility index (Phi) is 7.22. The first-order chi connectivity index (χ1) is 12.1. The van der Waals surface area contributed by atoms with Gasteiger partial charge in [-0.15, -0.1) is 0 Å². The largest absolute Gasteiger partial charge is 0.497 e. The molecule has 6 heteroatoms. The SMILES string of the molecule is COc1ccc(Nc2ncccc2C(=O)NCCCOC(C)C)cc1. The molecule has 0 bridgehead atoms. The molecule has 0 aliphatic heterocycles. The molecule has 0 saturated heterocycles. The second-order valence-corrected chi connectivity index (χ2v) is 5.78. The summed E-state index contributed by atoms with van der Waals surface area (Å²) >= 11 is 0. The number of nitrogens with zero attached hydrogens (tertiary/aromatic N) is 1. The Labute approximate surface area is 148 Å². The van der Waals surface area contributed by atoms with Crippen LogP contribution in [0.15, 0.2) is 42.6 Å². The van der Waals surface area contributed by atoms with Crippen LogP contribution < -0.4 is 15.4 Å². The van der Waals surface area contributed by atoms with Gasteiger partial charge in [0.25, 0.3) is 5.91 Å². The number of carbonyl (C=O) groups excluding carboxylic acids is 1. The van der Waals surface area contributed by atoms with Crippen LogP contribution in [0.1, 0.15) is 30.6 Å². The van der Waals surface area contributed by atoms with Crippen molar-refractivity contribution in [1.29, 1.82) is 0 Å². The van der Waals surface area contributed by atoms with Crippen molar-refractivity contribution in [3.8, 4) is 5.75 Å². The van der Waals surface area contributed by atoms with Gasteiger partial charge in [-0.1, -0.05) is 0 Å². The van der Waals surface area contributed by atoms with Gasteiger partial charge in [-0.25, -0.2) is 4.98 Å². The average Bonchev–Trinajstić information content (AvgIpc) is 2.62. The minimum absolute atomic E-state index is 0.159. The first kappa shape index (κ1) is 18.7. The molecule has 0 fully saturated rings. The molecule has 0 spiro atoms. The van der Waals surface area contributed by atoms with Crippen molar-refractivity contribution < 1.29 is 14.3 Å². The van der Waals surface area contributed by atoms with Crippen LogP contribution in [0.5, 0.6) is 5.75 Å². The molecule has 25 heavy (non-hydrogen) atoms. The lowest BCUT2D eigenvalue weighted by Crippen LogP contribution is -2.26. The number of methoxy groups -OCH3 is 1. The number of carbonyl (C=O) groups is 1. The van der Waals surface area contributed by atoms with E-state index in [0.717, 1.165) is 17.9 Å². The van der Waals surface area contributed by atoms with E-state index in [1.165, 1.54) is 0 Å². The Morgan fingerprint density at radius 2 is 1.96 bits per heavy atom. The van der Waals surface area contributed by atoms with Crippen LogP contribution in [0.2, 0.25) is 0 Å². The van der Waals surface area contributed by atoms with Gasteiger partial charge in [0.05, 0.1) is 18.8 Å². The molecular formula is C19H25N3O3. The zero-order valence-corrected chi connectivity index (χ0v) is 14.9. The van der Waals surface area contributed by atoms with E-state index in [9.17, 15) is 4.79 Å². The van der Waals surface area contributed by atoms with Gasteiger partial charge in [-0.3, -0.25) is 4.79 Å². The fourth-order valence-electron chi connectivity index (χ4n) is 2.19. The smallest absolute Gasteiger partial charge is 0.255 e. The van der Waals surface area contributed by atoms with Crippen molar-refractivity contribution >= 4 is 17.4 Å². The molecule has 1 heterocycles. The van der Waals surface area contributed by atoms with Gasteiger partial charge in [-0.2, -0.15) is 0 Å². The van der Waals surface area contributed by atoms with Crippen molar-refractivity contribution in [3.05, 3.63) is 48.2 Å². The third kappa shape index (κ3) is 6.08. The third-order valence-electron chi connectivity index (χ3n) is 3.46. The lowest BCUT2D eigenvalue weighted by Gasteiger charge is -2.12.